The molecule has 1 unspecified atom stereocenters. The smallest absolute Gasteiger partial charge is 0.251 e. The summed E-state index contributed by atoms with van der Waals surface area (Å²) in [6.07, 6.45) is 2.79. The molecule has 2 heterocycles. The van der Waals surface area contributed by atoms with Crippen molar-refractivity contribution in [3.8, 4) is 0 Å². The summed E-state index contributed by atoms with van der Waals surface area (Å²) in [4.78, 5) is 17.4. The van der Waals surface area contributed by atoms with Gasteiger partial charge < -0.3 is 15.1 Å². The van der Waals surface area contributed by atoms with Crippen LogP contribution in [0.4, 0.5) is 5.69 Å². The van der Waals surface area contributed by atoms with Crippen LogP contribution in [0.5, 0.6) is 0 Å². The third kappa shape index (κ3) is 4.85. The molecule has 1 amide bonds. The Balaban J connectivity index is 1.49. The van der Waals surface area contributed by atoms with E-state index in [1.54, 1.807) is 12.1 Å². The highest BCUT2D eigenvalue weighted by Gasteiger charge is 2.32. The number of amides is 1. The summed E-state index contributed by atoms with van der Waals surface area (Å²) in [6.45, 7) is 11.3. The number of anilines is 1. The van der Waals surface area contributed by atoms with E-state index in [2.05, 4.69) is 22.0 Å². The largest absolute Gasteiger partial charge is 0.352 e. The van der Waals surface area contributed by atoms with Crippen molar-refractivity contribution < 1.29 is 13.2 Å². The van der Waals surface area contributed by atoms with Gasteiger partial charge in [-0.15, -0.1) is 0 Å². The van der Waals surface area contributed by atoms with Crippen LogP contribution in [0, 0.1) is 0 Å². The van der Waals surface area contributed by atoms with Crippen molar-refractivity contribution in [2.45, 2.75) is 32.7 Å². The molecule has 1 aromatic carbocycles. The van der Waals surface area contributed by atoms with Crippen molar-refractivity contribution in [2.75, 3.05) is 56.4 Å². The van der Waals surface area contributed by atoms with Gasteiger partial charge in [-0.1, -0.05) is 6.92 Å². The number of sulfonamides is 1. The Labute approximate surface area is 168 Å². The topological polar surface area (TPSA) is 73.0 Å². The molecule has 0 aliphatic carbocycles. The van der Waals surface area contributed by atoms with Crippen molar-refractivity contribution in [3.63, 3.8) is 0 Å². The van der Waals surface area contributed by atoms with Crippen molar-refractivity contribution in [2.24, 2.45) is 0 Å². The lowest BCUT2D eigenvalue weighted by molar-refractivity contribution is 0.0948. The molecule has 7 nitrogen and oxygen atoms in total. The number of fused-ring (bicyclic) bond motifs is 1. The summed E-state index contributed by atoms with van der Waals surface area (Å²) >= 11 is 0. The zero-order valence-corrected chi connectivity index (χ0v) is 18.0. The maximum atomic E-state index is 12.5. The Kier molecular flexibility index (Phi) is 6.62. The number of hydrogen-bond donors (Lipinski definition) is 1. The maximum absolute atomic E-state index is 12.5. The summed E-state index contributed by atoms with van der Waals surface area (Å²) in [6, 6.07) is 5.18. The lowest BCUT2D eigenvalue weighted by atomic mass is 10.1. The second kappa shape index (κ2) is 8.80. The maximum Gasteiger partial charge on any atom is 0.251 e. The van der Waals surface area contributed by atoms with Crippen molar-refractivity contribution >= 4 is 21.6 Å². The number of carbonyl (C=O) groups is 1. The average Bonchev–Trinajstić information content (AvgIpc) is 3.00. The third-order valence-corrected chi connectivity index (χ3v) is 6.97. The zero-order chi connectivity index (χ0) is 20.3. The van der Waals surface area contributed by atoms with Gasteiger partial charge in [-0.25, -0.2) is 8.42 Å². The number of benzene rings is 1. The van der Waals surface area contributed by atoms with Crippen LogP contribution in [0.2, 0.25) is 0 Å². The fourth-order valence-corrected chi connectivity index (χ4v) is 5.45. The lowest BCUT2D eigenvalue weighted by Crippen LogP contribution is -2.46. The van der Waals surface area contributed by atoms with Gasteiger partial charge in [0.2, 0.25) is 10.0 Å². The minimum Gasteiger partial charge on any atom is -0.352 e. The molecule has 156 valence electrons. The SMILES string of the molecule is CCN1CCN(CCCNC(=O)c2ccc3c(c2)CC(C)N3S(C)(=O)=O)CC1. The van der Waals surface area contributed by atoms with E-state index in [1.165, 1.54) is 10.6 Å². The van der Waals surface area contributed by atoms with Gasteiger partial charge in [0.1, 0.15) is 0 Å². The molecule has 3 rings (SSSR count). The third-order valence-electron chi connectivity index (χ3n) is 5.70. The summed E-state index contributed by atoms with van der Waals surface area (Å²) in [7, 11) is -3.31. The van der Waals surface area contributed by atoms with Crippen molar-refractivity contribution in [3.05, 3.63) is 29.3 Å². The molecule has 1 aromatic rings. The molecule has 0 bridgehead atoms. The molecule has 0 aromatic heterocycles. The molecule has 1 saturated heterocycles. The van der Waals surface area contributed by atoms with E-state index in [0.29, 0.717) is 24.2 Å². The van der Waals surface area contributed by atoms with Gasteiger partial charge in [0.25, 0.3) is 5.91 Å². The standard InChI is InChI=1S/C20H32N4O3S/c1-4-22-10-12-23(13-11-22)9-5-8-21-20(25)17-6-7-19-18(15-17)14-16(2)24(19)28(3,26)27/h6-7,15-16H,4-5,8-14H2,1-3H3,(H,21,25). The highest BCUT2D eigenvalue weighted by atomic mass is 32.2. The predicted octanol–water partition coefficient (Wildman–Crippen LogP) is 1.15. The van der Waals surface area contributed by atoms with Crippen LogP contribution in [0.15, 0.2) is 18.2 Å². The number of nitrogens with one attached hydrogen (secondary N) is 1. The van der Waals surface area contributed by atoms with E-state index in [9.17, 15) is 13.2 Å². The predicted molar refractivity (Wildman–Crippen MR) is 112 cm³/mol. The Morgan fingerprint density at radius 1 is 1.18 bits per heavy atom. The molecule has 28 heavy (non-hydrogen) atoms. The van der Waals surface area contributed by atoms with E-state index >= 15 is 0 Å². The Morgan fingerprint density at radius 3 is 2.50 bits per heavy atom. The second-order valence-corrected chi connectivity index (χ2v) is 9.70. The van der Waals surface area contributed by atoms with Crippen LogP contribution in [-0.4, -0.2) is 82.2 Å². The number of carbonyl (C=O) groups excluding carboxylic acids is 1. The summed E-state index contributed by atoms with van der Waals surface area (Å²) < 4.78 is 25.5. The van der Waals surface area contributed by atoms with Gasteiger partial charge in [0.05, 0.1) is 11.9 Å². The van der Waals surface area contributed by atoms with Crippen LogP contribution < -0.4 is 9.62 Å². The highest BCUT2D eigenvalue weighted by molar-refractivity contribution is 7.92. The molecular formula is C20H32N4O3S. The van der Waals surface area contributed by atoms with Gasteiger partial charge in [-0.05, 0) is 56.6 Å². The van der Waals surface area contributed by atoms with Crippen LogP contribution >= 0.6 is 0 Å². The van der Waals surface area contributed by atoms with E-state index < -0.39 is 10.0 Å². The Bertz CT molecular complexity index is 804. The number of piperazine rings is 1. The van der Waals surface area contributed by atoms with E-state index in [1.807, 2.05) is 13.0 Å². The van der Waals surface area contributed by atoms with Gasteiger partial charge in [-0.3, -0.25) is 9.10 Å². The number of hydrogen-bond acceptors (Lipinski definition) is 5. The molecular weight excluding hydrogens is 376 g/mol. The summed E-state index contributed by atoms with van der Waals surface area (Å²) in [5, 5.41) is 2.99. The molecule has 1 fully saturated rings. The fraction of sp³-hybridized carbons (Fsp3) is 0.650. The molecule has 1 atom stereocenters. The van der Waals surface area contributed by atoms with E-state index in [0.717, 1.165) is 51.3 Å². The molecule has 1 N–H and O–H groups in total. The van der Waals surface area contributed by atoms with Gasteiger partial charge >= 0.3 is 0 Å². The van der Waals surface area contributed by atoms with Crippen LogP contribution in [0.1, 0.15) is 36.2 Å². The number of nitrogens with zero attached hydrogens (tertiary/aromatic N) is 3. The first-order valence-corrected chi connectivity index (χ1v) is 12.0. The van der Waals surface area contributed by atoms with Crippen LogP contribution in [0.25, 0.3) is 0 Å². The normalized spacial score (nSPS) is 21.0. The van der Waals surface area contributed by atoms with Gasteiger partial charge in [0.15, 0.2) is 0 Å². The van der Waals surface area contributed by atoms with Gasteiger partial charge in [0, 0.05) is 44.3 Å². The number of likely N-dealkylation sites (N-methyl/N-ethyl adjacent to an activating group) is 1. The summed E-state index contributed by atoms with van der Waals surface area (Å²) in [5.41, 5.74) is 2.20. The molecule has 8 heteroatoms. The van der Waals surface area contributed by atoms with Crippen LogP contribution in [-0.2, 0) is 16.4 Å². The zero-order valence-electron chi connectivity index (χ0n) is 17.1. The first-order chi connectivity index (χ1) is 13.3. The first kappa shape index (κ1) is 21.1. The van der Waals surface area contributed by atoms with E-state index in [-0.39, 0.29) is 11.9 Å². The minimum absolute atomic E-state index is 0.0935. The minimum atomic E-state index is -3.31. The second-order valence-electron chi connectivity index (χ2n) is 7.84. The van der Waals surface area contributed by atoms with Gasteiger partial charge in [-0.2, -0.15) is 0 Å². The lowest BCUT2D eigenvalue weighted by Gasteiger charge is -2.33. The average molecular weight is 409 g/mol. The fourth-order valence-electron chi connectivity index (χ4n) is 4.19. The first-order valence-electron chi connectivity index (χ1n) is 10.1. The van der Waals surface area contributed by atoms with Crippen LogP contribution in [0.3, 0.4) is 0 Å². The molecule has 2 aliphatic rings. The molecule has 0 saturated carbocycles. The van der Waals surface area contributed by atoms with Crippen molar-refractivity contribution in [1.82, 2.24) is 15.1 Å². The monoisotopic (exact) mass is 408 g/mol. The quantitative estimate of drug-likeness (QED) is 0.686. The van der Waals surface area contributed by atoms with E-state index in [4.69, 9.17) is 0 Å². The van der Waals surface area contributed by atoms with Crippen molar-refractivity contribution in [1.29, 1.82) is 0 Å². The molecule has 0 spiro atoms. The Morgan fingerprint density at radius 2 is 1.86 bits per heavy atom. The molecule has 0 radical (unpaired) electrons. The molecule has 2 aliphatic heterocycles. The Hall–Kier alpha value is -1.64. The summed E-state index contributed by atoms with van der Waals surface area (Å²) in [5.74, 6) is -0.0935. The number of rotatable bonds is 7. The highest BCUT2D eigenvalue weighted by Crippen LogP contribution is 2.34.